The summed E-state index contributed by atoms with van der Waals surface area (Å²) >= 11 is 15.3. The zero-order chi connectivity index (χ0) is 20.8. The van der Waals surface area contributed by atoms with Gasteiger partial charge in [-0.15, -0.1) is 0 Å². The lowest BCUT2D eigenvalue weighted by Crippen LogP contribution is -2.20. The largest absolute Gasteiger partial charge is 0.484 e. The molecule has 3 aromatic carbocycles. The third-order valence-corrected chi connectivity index (χ3v) is 4.84. The van der Waals surface area contributed by atoms with Crippen molar-refractivity contribution in [2.24, 2.45) is 0 Å². The summed E-state index contributed by atoms with van der Waals surface area (Å²) in [6.07, 6.45) is 0. The average Bonchev–Trinajstić information content (AvgIpc) is 2.67. The summed E-state index contributed by atoms with van der Waals surface area (Å²) in [5.41, 5.74) is 1.33. The van der Waals surface area contributed by atoms with E-state index in [1.807, 2.05) is 12.1 Å². The smallest absolute Gasteiger partial charge is 0.262 e. The highest BCUT2D eigenvalue weighted by atomic mass is 79.9. The molecule has 3 aromatic rings. The van der Waals surface area contributed by atoms with Crippen LogP contribution in [0, 0.1) is 0 Å². The van der Waals surface area contributed by atoms with E-state index in [2.05, 4.69) is 26.6 Å². The lowest BCUT2D eigenvalue weighted by Gasteiger charge is -2.10. The van der Waals surface area contributed by atoms with E-state index in [0.717, 1.165) is 4.47 Å². The predicted octanol–water partition coefficient (Wildman–Crippen LogP) is 6.03. The average molecular weight is 494 g/mol. The van der Waals surface area contributed by atoms with Crippen LogP contribution in [-0.4, -0.2) is 18.4 Å². The molecular formula is C21H15BrCl2N2O3. The van der Waals surface area contributed by atoms with Gasteiger partial charge in [0.15, 0.2) is 6.61 Å². The topological polar surface area (TPSA) is 67.4 Å². The molecule has 0 unspecified atom stereocenters. The van der Waals surface area contributed by atoms with Crippen LogP contribution in [0.15, 0.2) is 71.2 Å². The number of benzene rings is 3. The standard InChI is InChI=1S/C21H15BrCl2N2O3/c22-13-4-7-17(8-5-13)29-12-20(27)25-15-2-1-3-16(11-15)26-21(28)18-9-6-14(23)10-19(18)24/h1-11H,12H2,(H,25,27)(H,26,28). The number of rotatable bonds is 6. The Morgan fingerprint density at radius 3 is 2.28 bits per heavy atom. The monoisotopic (exact) mass is 492 g/mol. The molecule has 2 N–H and O–H groups in total. The summed E-state index contributed by atoms with van der Waals surface area (Å²) in [6.45, 7) is -0.140. The molecule has 5 nitrogen and oxygen atoms in total. The number of halogens is 3. The molecule has 0 bridgehead atoms. The van der Waals surface area contributed by atoms with Crippen molar-refractivity contribution in [3.63, 3.8) is 0 Å². The van der Waals surface area contributed by atoms with Crippen molar-refractivity contribution >= 4 is 62.3 Å². The van der Waals surface area contributed by atoms with Crippen molar-refractivity contribution < 1.29 is 14.3 Å². The summed E-state index contributed by atoms with van der Waals surface area (Å²) in [7, 11) is 0. The maximum Gasteiger partial charge on any atom is 0.262 e. The van der Waals surface area contributed by atoms with Crippen LogP contribution in [0.5, 0.6) is 5.75 Å². The summed E-state index contributed by atoms with van der Waals surface area (Å²) in [5.74, 6) is -0.116. The highest BCUT2D eigenvalue weighted by Gasteiger charge is 2.12. The normalized spacial score (nSPS) is 10.3. The van der Waals surface area contributed by atoms with Crippen LogP contribution in [0.25, 0.3) is 0 Å². The van der Waals surface area contributed by atoms with Gasteiger partial charge in [0, 0.05) is 20.9 Å². The first-order valence-corrected chi connectivity index (χ1v) is 10.0. The molecule has 0 spiro atoms. The maximum atomic E-state index is 12.4. The number of hydrogen-bond donors (Lipinski definition) is 2. The van der Waals surface area contributed by atoms with Crippen LogP contribution in [-0.2, 0) is 4.79 Å². The van der Waals surface area contributed by atoms with Crippen molar-refractivity contribution in [3.8, 4) is 5.75 Å². The molecule has 148 valence electrons. The van der Waals surface area contributed by atoms with E-state index in [1.165, 1.54) is 6.07 Å². The molecule has 0 aliphatic carbocycles. The lowest BCUT2D eigenvalue weighted by atomic mass is 10.2. The van der Waals surface area contributed by atoms with E-state index in [0.29, 0.717) is 27.7 Å². The SMILES string of the molecule is O=C(COc1ccc(Br)cc1)Nc1cccc(NC(=O)c2ccc(Cl)cc2Cl)c1. The molecule has 0 fully saturated rings. The Balaban J connectivity index is 1.59. The van der Waals surface area contributed by atoms with E-state index < -0.39 is 0 Å². The molecule has 0 radical (unpaired) electrons. The maximum absolute atomic E-state index is 12.4. The van der Waals surface area contributed by atoms with Crippen molar-refractivity contribution in [3.05, 3.63) is 86.8 Å². The zero-order valence-corrected chi connectivity index (χ0v) is 18.0. The quantitative estimate of drug-likeness (QED) is 0.440. The van der Waals surface area contributed by atoms with Crippen LogP contribution in [0.3, 0.4) is 0 Å². The van der Waals surface area contributed by atoms with Crippen molar-refractivity contribution in [1.82, 2.24) is 0 Å². The number of nitrogens with one attached hydrogen (secondary N) is 2. The van der Waals surface area contributed by atoms with Crippen molar-refractivity contribution in [1.29, 1.82) is 0 Å². The second-order valence-electron chi connectivity index (χ2n) is 5.95. The number of hydrogen-bond acceptors (Lipinski definition) is 3. The molecule has 2 amide bonds. The van der Waals surface area contributed by atoms with E-state index in [4.69, 9.17) is 27.9 Å². The van der Waals surface area contributed by atoms with Gasteiger partial charge in [-0.25, -0.2) is 0 Å². The molecule has 0 atom stereocenters. The van der Waals surface area contributed by atoms with Gasteiger partial charge in [-0.3, -0.25) is 9.59 Å². The molecule has 0 aliphatic heterocycles. The molecule has 0 saturated heterocycles. The lowest BCUT2D eigenvalue weighted by molar-refractivity contribution is -0.118. The molecule has 0 saturated carbocycles. The molecule has 0 heterocycles. The van der Waals surface area contributed by atoms with E-state index in [1.54, 1.807) is 48.5 Å². The first kappa shape index (κ1) is 21.2. The first-order valence-electron chi connectivity index (χ1n) is 8.45. The Labute approximate surface area is 186 Å². The van der Waals surface area contributed by atoms with Gasteiger partial charge < -0.3 is 15.4 Å². The van der Waals surface area contributed by atoms with Crippen LogP contribution in [0.4, 0.5) is 11.4 Å². The van der Waals surface area contributed by atoms with E-state index >= 15 is 0 Å². The van der Waals surface area contributed by atoms with Crippen LogP contribution < -0.4 is 15.4 Å². The minimum atomic E-state index is -0.381. The van der Waals surface area contributed by atoms with E-state index in [-0.39, 0.29) is 23.4 Å². The predicted molar refractivity (Wildman–Crippen MR) is 119 cm³/mol. The van der Waals surface area contributed by atoms with Crippen LogP contribution in [0.1, 0.15) is 10.4 Å². The van der Waals surface area contributed by atoms with E-state index in [9.17, 15) is 9.59 Å². The summed E-state index contributed by atoms with van der Waals surface area (Å²) in [5, 5.41) is 6.17. The molecule has 8 heteroatoms. The molecule has 29 heavy (non-hydrogen) atoms. The second kappa shape index (κ2) is 9.78. The van der Waals surface area contributed by atoms with Gasteiger partial charge in [0.05, 0.1) is 10.6 Å². The third kappa shape index (κ3) is 6.22. The minimum Gasteiger partial charge on any atom is -0.484 e. The molecule has 3 rings (SSSR count). The Bertz CT molecular complexity index is 1040. The Hall–Kier alpha value is -2.54. The fourth-order valence-corrected chi connectivity index (χ4v) is 3.18. The van der Waals surface area contributed by atoms with Crippen LogP contribution >= 0.6 is 39.1 Å². The van der Waals surface area contributed by atoms with Crippen LogP contribution in [0.2, 0.25) is 10.0 Å². The molecular weight excluding hydrogens is 479 g/mol. The minimum absolute atomic E-state index is 0.140. The molecule has 0 aliphatic rings. The van der Waals surface area contributed by atoms with Gasteiger partial charge in [0.2, 0.25) is 0 Å². The first-order chi connectivity index (χ1) is 13.9. The van der Waals surface area contributed by atoms with Gasteiger partial charge in [-0.05, 0) is 60.7 Å². The van der Waals surface area contributed by atoms with Gasteiger partial charge in [-0.1, -0.05) is 45.2 Å². The second-order valence-corrected chi connectivity index (χ2v) is 7.71. The van der Waals surface area contributed by atoms with Gasteiger partial charge in [-0.2, -0.15) is 0 Å². The number of anilines is 2. The Kier molecular flexibility index (Phi) is 7.14. The fraction of sp³-hybridized carbons (Fsp3) is 0.0476. The summed E-state index contributed by atoms with van der Waals surface area (Å²) in [6, 6.07) is 18.6. The molecule has 0 aromatic heterocycles. The summed E-state index contributed by atoms with van der Waals surface area (Å²) < 4.78 is 6.37. The fourth-order valence-electron chi connectivity index (χ4n) is 2.42. The van der Waals surface area contributed by atoms with Gasteiger partial charge in [0.1, 0.15) is 5.75 Å². The number of ether oxygens (including phenoxy) is 1. The number of amides is 2. The number of carbonyl (C=O) groups is 2. The number of carbonyl (C=O) groups excluding carboxylic acids is 2. The van der Waals surface area contributed by atoms with Gasteiger partial charge >= 0.3 is 0 Å². The third-order valence-electron chi connectivity index (χ3n) is 3.76. The highest BCUT2D eigenvalue weighted by Crippen LogP contribution is 2.23. The van der Waals surface area contributed by atoms with Crippen molar-refractivity contribution in [2.45, 2.75) is 0 Å². The van der Waals surface area contributed by atoms with Crippen molar-refractivity contribution in [2.75, 3.05) is 17.2 Å². The van der Waals surface area contributed by atoms with Gasteiger partial charge in [0.25, 0.3) is 11.8 Å². The highest BCUT2D eigenvalue weighted by molar-refractivity contribution is 9.10. The Morgan fingerprint density at radius 2 is 1.59 bits per heavy atom. The zero-order valence-electron chi connectivity index (χ0n) is 14.9. The Morgan fingerprint density at radius 1 is 0.897 bits per heavy atom. The summed E-state index contributed by atoms with van der Waals surface area (Å²) in [4.78, 5) is 24.5.